The fourth-order valence-corrected chi connectivity index (χ4v) is 1.29. The monoisotopic (exact) mass is 292 g/mol. The molecule has 0 saturated heterocycles. The molecule has 0 aromatic rings. The molecule has 0 spiro atoms. The van der Waals surface area contributed by atoms with Crippen molar-refractivity contribution < 1.29 is 23.7 Å². The van der Waals surface area contributed by atoms with Crippen molar-refractivity contribution in [1.29, 1.82) is 0 Å². The molecule has 0 aromatic carbocycles. The van der Waals surface area contributed by atoms with E-state index in [1.54, 1.807) is 0 Å². The second-order valence-electron chi connectivity index (χ2n) is 5.72. The molecule has 0 aliphatic rings. The normalized spacial score (nSPS) is 12.3. The van der Waals surface area contributed by atoms with Crippen LogP contribution in [0.25, 0.3) is 0 Å². The third kappa shape index (κ3) is 17.8. The predicted octanol–water partition coefficient (Wildman–Crippen LogP) is 2.28. The van der Waals surface area contributed by atoms with E-state index < -0.39 is 0 Å². The molecule has 0 fully saturated rings. The molecule has 0 bridgehead atoms. The molecule has 0 heterocycles. The zero-order chi connectivity index (χ0) is 15.3. The lowest BCUT2D eigenvalue weighted by Gasteiger charge is -2.19. The second-order valence-corrected chi connectivity index (χ2v) is 5.72. The van der Waals surface area contributed by atoms with Crippen LogP contribution in [0.4, 0.5) is 0 Å². The van der Waals surface area contributed by atoms with Gasteiger partial charge in [-0.1, -0.05) is 0 Å². The lowest BCUT2D eigenvalue weighted by Crippen LogP contribution is -2.22. The maximum absolute atomic E-state index is 5.53. The summed E-state index contributed by atoms with van der Waals surface area (Å²) in [7, 11) is 0. The van der Waals surface area contributed by atoms with Crippen LogP contribution in [0.2, 0.25) is 0 Å². The fraction of sp³-hybridized carbons (Fsp3) is 1.00. The van der Waals surface area contributed by atoms with Crippen molar-refractivity contribution in [2.24, 2.45) is 0 Å². The molecule has 0 N–H and O–H groups in total. The molecule has 5 nitrogen and oxygen atoms in total. The van der Waals surface area contributed by atoms with Gasteiger partial charge in [-0.3, -0.25) is 0 Å². The van der Waals surface area contributed by atoms with Crippen molar-refractivity contribution in [1.82, 2.24) is 0 Å². The van der Waals surface area contributed by atoms with E-state index in [0.29, 0.717) is 52.9 Å². The Hall–Kier alpha value is -0.200. The highest BCUT2D eigenvalue weighted by molar-refractivity contribution is 4.57. The van der Waals surface area contributed by atoms with Crippen molar-refractivity contribution in [3.05, 3.63) is 0 Å². The van der Waals surface area contributed by atoms with Gasteiger partial charge in [0, 0.05) is 0 Å². The molecule has 0 aliphatic heterocycles. The molecule has 0 rings (SSSR count). The molecule has 0 radical (unpaired) electrons. The van der Waals surface area contributed by atoms with Crippen molar-refractivity contribution in [3.8, 4) is 0 Å². The largest absolute Gasteiger partial charge is 0.377 e. The minimum Gasteiger partial charge on any atom is -0.377 e. The van der Waals surface area contributed by atoms with E-state index >= 15 is 0 Å². The van der Waals surface area contributed by atoms with Crippen molar-refractivity contribution >= 4 is 0 Å². The van der Waals surface area contributed by atoms with Crippen LogP contribution < -0.4 is 0 Å². The second kappa shape index (κ2) is 12.5. The minimum atomic E-state index is -0.101. The van der Waals surface area contributed by atoms with Crippen LogP contribution in [0.3, 0.4) is 0 Å². The highest BCUT2D eigenvalue weighted by Gasteiger charge is 2.08. The summed E-state index contributed by atoms with van der Waals surface area (Å²) in [5, 5.41) is 0. The van der Waals surface area contributed by atoms with Gasteiger partial charge >= 0.3 is 0 Å². The van der Waals surface area contributed by atoms with Crippen LogP contribution in [0, 0.1) is 0 Å². The highest BCUT2D eigenvalue weighted by atomic mass is 16.6. The van der Waals surface area contributed by atoms with Gasteiger partial charge in [0.15, 0.2) is 0 Å². The van der Waals surface area contributed by atoms with Gasteiger partial charge in [0.2, 0.25) is 0 Å². The minimum absolute atomic E-state index is 0.101. The number of rotatable bonds is 13. The Labute approximate surface area is 123 Å². The van der Waals surface area contributed by atoms with Gasteiger partial charge in [0.1, 0.15) is 0 Å². The van der Waals surface area contributed by atoms with Crippen LogP contribution in [-0.4, -0.2) is 64.6 Å². The Morgan fingerprint density at radius 2 is 1.05 bits per heavy atom. The summed E-state index contributed by atoms with van der Waals surface area (Å²) < 4.78 is 27.0. The molecule has 0 amide bonds. The van der Waals surface area contributed by atoms with Crippen LogP contribution in [0.1, 0.15) is 34.6 Å². The Bertz CT molecular complexity index is 201. The lowest BCUT2D eigenvalue weighted by atomic mass is 10.2. The van der Waals surface area contributed by atoms with Crippen LogP contribution in [-0.2, 0) is 23.7 Å². The van der Waals surface area contributed by atoms with Crippen LogP contribution in [0.15, 0.2) is 0 Å². The summed E-state index contributed by atoms with van der Waals surface area (Å²) in [6, 6.07) is 0. The van der Waals surface area contributed by atoms with Crippen molar-refractivity contribution in [3.63, 3.8) is 0 Å². The molecule has 122 valence electrons. The fourth-order valence-electron chi connectivity index (χ4n) is 1.29. The van der Waals surface area contributed by atoms with E-state index in [-0.39, 0.29) is 11.7 Å². The average molecular weight is 292 g/mol. The lowest BCUT2D eigenvalue weighted by molar-refractivity contribution is -0.0466. The first-order valence-corrected chi connectivity index (χ1v) is 7.40. The van der Waals surface area contributed by atoms with E-state index in [9.17, 15) is 0 Å². The molecular weight excluding hydrogens is 260 g/mol. The number of hydrogen-bond acceptors (Lipinski definition) is 5. The molecule has 0 unspecified atom stereocenters. The number of ether oxygens (including phenoxy) is 5. The standard InChI is InChI=1S/C15H32O5/c1-14(2)19-12-10-17-8-6-16-7-9-18-11-13-20-15(3,4)5/h14H,6-13H2,1-5H3. The zero-order valence-electron chi connectivity index (χ0n) is 13.8. The SMILES string of the molecule is CC(C)OCCOCCOCCOCCOC(C)(C)C. The van der Waals surface area contributed by atoms with Crippen molar-refractivity contribution in [2.45, 2.75) is 46.3 Å². The summed E-state index contributed by atoms with van der Waals surface area (Å²) in [6.45, 7) is 14.9. The van der Waals surface area contributed by atoms with E-state index in [1.165, 1.54) is 0 Å². The summed E-state index contributed by atoms with van der Waals surface area (Å²) in [5.74, 6) is 0. The quantitative estimate of drug-likeness (QED) is 0.487. The summed E-state index contributed by atoms with van der Waals surface area (Å²) in [4.78, 5) is 0. The van der Waals surface area contributed by atoms with E-state index in [1.807, 2.05) is 34.6 Å². The predicted molar refractivity (Wildman–Crippen MR) is 79.3 cm³/mol. The summed E-state index contributed by atoms with van der Waals surface area (Å²) in [6.07, 6.45) is 0.259. The first-order valence-electron chi connectivity index (χ1n) is 7.40. The molecule has 0 aromatic heterocycles. The highest BCUT2D eigenvalue weighted by Crippen LogP contribution is 2.05. The third-order valence-electron chi connectivity index (χ3n) is 2.19. The average Bonchev–Trinajstić information content (AvgIpc) is 2.33. The maximum atomic E-state index is 5.53. The smallest absolute Gasteiger partial charge is 0.0707 e. The van der Waals surface area contributed by atoms with Gasteiger partial charge in [0.05, 0.1) is 64.6 Å². The number of hydrogen-bond donors (Lipinski definition) is 0. The Balaban J connectivity index is 3.03. The van der Waals surface area contributed by atoms with E-state index in [2.05, 4.69) is 0 Å². The molecule has 0 aliphatic carbocycles. The molecule has 0 atom stereocenters. The van der Waals surface area contributed by atoms with Crippen LogP contribution in [0.5, 0.6) is 0 Å². The van der Waals surface area contributed by atoms with Gasteiger partial charge < -0.3 is 23.7 Å². The van der Waals surface area contributed by atoms with Gasteiger partial charge in [-0.25, -0.2) is 0 Å². The molecule has 20 heavy (non-hydrogen) atoms. The molecule has 5 heteroatoms. The Morgan fingerprint density at radius 1 is 0.650 bits per heavy atom. The van der Waals surface area contributed by atoms with Crippen LogP contribution >= 0.6 is 0 Å². The summed E-state index contributed by atoms with van der Waals surface area (Å²) in [5.41, 5.74) is -0.101. The van der Waals surface area contributed by atoms with Crippen molar-refractivity contribution in [2.75, 3.05) is 52.9 Å². The molecular formula is C15H32O5. The first kappa shape index (κ1) is 19.8. The Kier molecular flexibility index (Phi) is 12.4. The van der Waals surface area contributed by atoms with Gasteiger partial charge in [-0.05, 0) is 34.6 Å². The van der Waals surface area contributed by atoms with Gasteiger partial charge in [-0.15, -0.1) is 0 Å². The van der Waals surface area contributed by atoms with Gasteiger partial charge in [0.25, 0.3) is 0 Å². The Morgan fingerprint density at radius 3 is 1.45 bits per heavy atom. The van der Waals surface area contributed by atoms with E-state index in [4.69, 9.17) is 23.7 Å². The first-order chi connectivity index (χ1) is 9.42. The topological polar surface area (TPSA) is 46.2 Å². The third-order valence-corrected chi connectivity index (χ3v) is 2.19. The van der Waals surface area contributed by atoms with E-state index in [0.717, 1.165) is 0 Å². The summed E-state index contributed by atoms with van der Waals surface area (Å²) >= 11 is 0. The zero-order valence-corrected chi connectivity index (χ0v) is 13.8. The maximum Gasteiger partial charge on any atom is 0.0707 e. The van der Waals surface area contributed by atoms with Gasteiger partial charge in [-0.2, -0.15) is 0 Å². The molecule has 0 saturated carbocycles.